The Bertz CT molecular complexity index is 823. The van der Waals surface area contributed by atoms with Gasteiger partial charge in [-0.25, -0.2) is 4.79 Å². The minimum atomic E-state index is -1.35. The molecule has 0 radical (unpaired) electrons. The zero-order valence-corrected chi connectivity index (χ0v) is 16.8. The van der Waals surface area contributed by atoms with Gasteiger partial charge in [0.2, 0.25) is 0 Å². The molecule has 0 aliphatic carbocycles. The van der Waals surface area contributed by atoms with Gasteiger partial charge in [-0.2, -0.15) is 0 Å². The van der Waals surface area contributed by atoms with Crippen LogP contribution in [0.2, 0.25) is 0 Å². The van der Waals surface area contributed by atoms with Crippen LogP contribution in [-0.4, -0.2) is 47.2 Å². The summed E-state index contributed by atoms with van der Waals surface area (Å²) in [4.78, 5) is 47.9. The molecule has 0 spiro atoms. The van der Waals surface area contributed by atoms with Crippen molar-refractivity contribution in [1.29, 1.82) is 0 Å². The molecular formula is C17H15BrNO7S-. The molecule has 1 aliphatic rings. The van der Waals surface area contributed by atoms with Crippen LogP contribution < -0.4 is 9.84 Å². The van der Waals surface area contributed by atoms with Crippen LogP contribution in [0.15, 0.2) is 27.6 Å². The fraction of sp³-hybridized carbons (Fsp3) is 0.294. The van der Waals surface area contributed by atoms with Gasteiger partial charge in [-0.1, -0.05) is 6.07 Å². The van der Waals surface area contributed by atoms with E-state index in [4.69, 9.17) is 9.47 Å². The number of hydrogen-bond donors (Lipinski definition) is 0. The number of nitrogens with zero attached hydrogens (tertiary/aromatic N) is 1. The molecule has 0 saturated carbocycles. The molecule has 1 heterocycles. The number of halogens is 1. The van der Waals surface area contributed by atoms with Crippen LogP contribution in [0.3, 0.4) is 0 Å². The van der Waals surface area contributed by atoms with Crippen molar-refractivity contribution in [3.05, 3.63) is 33.1 Å². The largest absolute Gasteiger partial charge is 0.546 e. The highest BCUT2D eigenvalue weighted by Gasteiger charge is 2.41. The van der Waals surface area contributed by atoms with E-state index in [0.717, 1.165) is 16.7 Å². The second-order valence-electron chi connectivity index (χ2n) is 5.33. The molecule has 2 amide bonds. The summed E-state index contributed by atoms with van der Waals surface area (Å²) in [6.45, 7) is 2.62. The smallest absolute Gasteiger partial charge is 0.329 e. The number of imide groups is 1. The average molecular weight is 457 g/mol. The van der Waals surface area contributed by atoms with Gasteiger partial charge in [0, 0.05) is 0 Å². The lowest BCUT2D eigenvalue weighted by atomic mass is 10.2. The molecule has 0 aromatic heterocycles. The Morgan fingerprint density at radius 3 is 2.67 bits per heavy atom. The summed E-state index contributed by atoms with van der Waals surface area (Å²) in [7, 11) is 0. The maximum Gasteiger partial charge on any atom is 0.329 e. The van der Waals surface area contributed by atoms with E-state index >= 15 is 0 Å². The zero-order chi connectivity index (χ0) is 20.1. The number of carbonyl (C=O) groups excluding carboxylic acids is 4. The summed E-state index contributed by atoms with van der Waals surface area (Å²) < 4.78 is 10.4. The molecule has 8 nitrogen and oxygen atoms in total. The Morgan fingerprint density at radius 2 is 2.07 bits per heavy atom. The Kier molecular flexibility index (Phi) is 7.03. The summed E-state index contributed by atoms with van der Waals surface area (Å²) in [5.74, 6) is -2.30. The second-order valence-corrected chi connectivity index (χ2v) is 7.18. The normalized spacial score (nSPS) is 16.6. The van der Waals surface area contributed by atoms with Crippen molar-refractivity contribution in [3.8, 4) is 5.75 Å². The molecule has 1 fully saturated rings. The molecular weight excluding hydrogens is 442 g/mol. The number of amides is 2. The summed E-state index contributed by atoms with van der Waals surface area (Å²) >= 11 is 3.97. The predicted octanol–water partition coefficient (Wildman–Crippen LogP) is 1.57. The predicted molar refractivity (Wildman–Crippen MR) is 98.5 cm³/mol. The maximum absolute atomic E-state index is 12.5. The van der Waals surface area contributed by atoms with Crippen LogP contribution in [-0.2, 0) is 19.1 Å². The first-order chi connectivity index (χ1) is 12.7. The van der Waals surface area contributed by atoms with Gasteiger partial charge >= 0.3 is 5.97 Å². The van der Waals surface area contributed by atoms with Gasteiger partial charge in [0.05, 0.1) is 22.0 Å². The van der Waals surface area contributed by atoms with E-state index in [1.54, 1.807) is 19.1 Å². The Morgan fingerprint density at radius 1 is 1.37 bits per heavy atom. The number of carboxylic acids is 1. The Labute approximate surface area is 167 Å². The fourth-order valence-electron chi connectivity index (χ4n) is 2.19. The summed E-state index contributed by atoms with van der Waals surface area (Å²) in [6, 6.07) is 3.70. The van der Waals surface area contributed by atoms with Crippen molar-refractivity contribution < 1.29 is 33.8 Å². The maximum atomic E-state index is 12.5. The topological polar surface area (TPSA) is 113 Å². The number of hydrogen-bond acceptors (Lipinski definition) is 8. The van der Waals surface area contributed by atoms with E-state index in [1.165, 1.54) is 19.1 Å². The summed E-state index contributed by atoms with van der Waals surface area (Å²) in [5, 5.41) is 9.90. The highest BCUT2D eigenvalue weighted by Crippen LogP contribution is 2.35. The quantitative estimate of drug-likeness (QED) is 0.448. The van der Waals surface area contributed by atoms with Crippen molar-refractivity contribution in [2.24, 2.45) is 0 Å². The lowest BCUT2D eigenvalue weighted by Crippen LogP contribution is -2.42. The standard InChI is InChI=1S/C17H16BrNO7S/c1-3-25-16(23)9(2)19-15(22)13(27-17(19)24)7-10-4-5-12(11(18)6-10)26-8-14(20)21/h4-7,9H,3,8H2,1-2H3,(H,20,21)/p-1/b13-7+/t9-/m1/s1. The molecule has 1 aromatic carbocycles. The molecule has 0 unspecified atom stereocenters. The van der Waals surface area contributed by atoms with Crippen molar-refractivity contribution in [2.45, 2.75) is 19.9 Å². The van der Waals surface area contributed by atoms with Crippen LogP contribution in [0.4, 0.5) is 4.79 Å². The van der Waals surface area contributed by atoms with Gasteiger partial charge in [-0.15, -0.1) is 0 Å². The molecule has 0 N–H and O–H groups in total. The molecule has 27 heavy (non-hydrogen) atoms. The lowest BCUT2D eigenvalue weighted by molar-refractivity contribution is -0.307. The van der Waals surface area contributed by atoms with Gasteiger partial charge < -0.3 is 19.4 Å². The van der Waals surface area contributed by atoms with E-state index < -0.39 is 35.7 Å². The monoisotopic (exact) mass is 456 g/mol. The van der Waals surface area contributed by atoms with Crippen LogP contribution in [0.5, 0.6) is 5.75 Å². The van der Waals surface area contributed by atoms with Crippen LogP contribution >= 0.6 is 27.7 Å². The number of ether oxygens (including phenoxy) is 2. The van der Waals surface area contributed by atoms with Crippen LogP contribution in [0, 0.1) is 0 Å². The summed E-state index contributed by atoms with van der Waals surface area (Å²) in [6.07, 6.45) is 1.50. The van der Waals surface area contributed by atoms with E-state index in [1.807, 2.05) is 0 Å². The highest BCUT2D eigenvalue weighted by atomic mass is 79.9. The second kappa shape index (κ2) is 9.05. The molecule has 1 aromatic rings. The number of carboxylic acid groups (broad SMARTS) is 1. The van der Waals surface area contributed by atoms with E-state index in [2.05, 4.69) is 15.9 Å². The number of thioether (sulfide) groups is 1. The highest BCUT2D eigenvalue weighted by molar-refractivity contribution is 9.10. The summed E-state index contributed by atoms with van der Waals surface area (Å²) in [5.41, 5.74) is 0.581. The minimum Gasteiger partial charge on any atom is -0.546 e. The molecule has 0 bridgehead atoms. The molecule has 1 saturated heterocycles. The molecule has 1 aliphatic heterocycles. The van der Waals surface area contributed by atoms with Crippen LogP contribution in [0.25, 0.3) is 6.08 Å². The van der Waals surface area contributed by atoms with Crippen molar-refractivity contribution in [2.75, 3.05) is 13.2 Å². The third-order valence-electron chi connectivity index (χ3n) is 3.44. The Hall–Kier alpha value is -2.33. The van der Waals surface area contributed by atoms with Gasteiger partial charge in [-0.05, 0) is 65.3 Å². The number of carbonyl (C=O) groups is 4. The van der Waals surface area contributed by atoms with E-state index in [9.17, 15) is 24.3 Å². The third kappa shape index (κ3) is 5.10. The van der Waals surface area contributed by atoms with E-state index in [-0.39, 0.29) is 11.5 Å². The number of esters is 1. The first-order valence-electron chi connectivity index (χ1n) is 7.80. The zero-order valence-electron chi connectivity index (χ0n) is 14.4. The minimum absolute atomic E-state index is 0.148. The first kappa shape index (κ1) is 21.0. The van der Waals surface area contributed by atoms with Gasteiger partial charge in [-0.3, -0.25) is 14.5 Å². The van der Waals surface area contributed by atoms with E-state index in [0.29, 0.717) is 15.8 Å². The molecule has 10 heteroatoms. The number of benzene rings is 1. The van der Waals surface area contributed by atoms with Crippen molar-refractivity contribution in [1.82, 2.24) is 4.90 Å². The SMILES string of the molecule is CCOC(=O)[C@@H](C)N1C(=O)S/C(=C/c2ccc(OCC(=O)[O-])c(Br)c2)C1=O. The number of aliphatic carboxylic acids is 1. The number of rotatable bonds is 7. The van der Waals surface area contributed by atoms with Gasteiger partial charge in [0.25, 0.3) is 11.1 Å². The average Bonchev–Trinajstić information content (AvgIpc) is 2.87. The van der Waals surface area contributed by atoms with Gasteiger partial charge in [0.15, 0.2) is 0 Å². The van der Waals surface area contributed by atoms with Crippen LogP contribution in [0.1, 0.15) is 19.4 Å². The van der Waals surface area contributed by atoms with Crippen molar-refractivity contribution in [3.63, 3.8) is 0 Å². The van der Waals surface area contributed by atoms with Crippen molar-refractivity contribution >= 4 is 56.9 Å². The molecule has 2 rings (SSSR count). The third-order valence-corrected chi connectivity index (χ3v) is 4.94. The Balaban J connectivity index is 2.18. The molecule has 144 valence electrons. The fourth-order valence-corrected chi connectivity index (χ4v) is 3.61. The lowest BCUT2D eigenvalue weighted by Gasteiger charge is -2.19. The molecule has 1 atom stereocenters. The first-order valence-corrected chi connectivity index (χ1v) is 9.41. The van der Waals surface area contributed by atoms with Gasteiger partial charge in [0.1, 0.15) is 18.4 Å².